The van der Waals surface area contributed by atoms with E-state index in [-0.39, 0.29) is 0 Å². The maximum atomic E-state index is 6.67. The molecule has 0 unspecified atom stereocenters. The summed E-state index contributed by atoms with van der Waals surface area (Å²) in [4.78, 5) is 0. The highest BCUT2D eigenvalue weighted by Crippen LogP contribution is 2.30. The van der Waals surface area contributed by atoms with Crippen LogP contribution in [0.15, 0.2) is 0 Å². The van der Waals surface area contributed by atoms with Gasteiger partial charge in [-0.25, -0.2) is 0 Å². The highest BCUT2D eigenvalue weighted by molar-refractivity contribution is 4.77. The summed E-state index contributed by atoms with van der Waals surface area (Å²) < 4.78 is 0. The van der Waals surface area contributed by atoms with Crippen molar-refractivity contribution in [3.05, 3.63) is 6.42 Å². The molecule has 0 heterocycles. The van der Waals surface area contributed by atoms with E-state index in [0.717, 1.165) is 12.3 Å². The lowest BCUT2D eigenvalue weighted by Crippen LogP contribution is -2.09. The summed E-state index contributed by atoms with van der Waals surface area (Å²) in [5, 5.41) is 0. The lowest BCUT2D eigenvalue weighted by Gasteiger charge is -2.24. The second kappa shape index (κ2) is 3.56. The van der Waals surface area contributed by atoms with Gasteiger partial charge in [0.25, 0.3) is 0 Å². The minimum absolute atomic E-state index is 0.872. The second-order valence-corrected chi connectivity index (χ2v) is 2.87. The molecular weight excluding hydrogens is 108 g/mol. The molecule has 1 aliphatic rings. The van der Waals surface area contributed by atoms with Gasteiger partial charge in [-0.1, -0.05) is 25.2 Å². The third-order valence-electron chi connectivity index (χ3n) is 2.14. The molecule has 1 saturated carbocycles. The van der Waals surface area contributed by atoms with Gasteiger partial charge in [0.2, 0.25) is 0 Å². The molecule has 0 aromatic rings. The van der Waals surface area contributed by atoms with Crippen LogP contribution >= 0.6 is 0 Å². The summed E-state index contributed by atoms with van der Waals surface area (Å²) in [7, 11) is 0. The summed E-state index contributed by atoms with van der Waals surface area (Å²) in [5.41, 5.74) is 0. The smallest absolute Gasteiger partial charge is 0.00990 e. The zero-order valence-corrected chi connectivity index (χ0v) is 5.82. The Morgan fingerprint density at radius 2 is 2.22 bits per heavy atom. The number of hydrogen-bond acceptors (Lipinski definition) is 0. The van der Waals surface area contributed by atoms with E-state index in [2.05, 4.69) is 5.92 Å². The Bertz CT molecular complexity index is 104. The quantitative estimate of drug-likeness (QED) is 0.397. The lowest BCUT2D eigenvalue weighted by molar-refractivity contribution is 0.291. The van der Waals surface area contributed by atoms with E-state index in [9.17, 15) is 0 Å². The van der Waals surface area contributed by atoms with Gasteiger partial charge < -0.3 is 0 Å². The first-order chi connectivity index (χ1) is 4.43. The minimum Gasteiger partial charge on any atom is -0.0891 e. The normalized spacial score (nSPS) is 18.6. The number of rotatable bonds is 3. The molecule has 1 radical (unpaired) electrons. The molecule has 1 aliphatic carbocycles. The monoisotopic (exact) mass is 121 g/mol. The molecule has 0 N–H and O–H groups in total. The first-order valence-corrected chi connectivity index (χ1v) is 3.83. The van der Waals surface area contributed by atoms with Crippen LogP contribution in [-0.4, -0.2) is 0 Å². The Balaban J connectivity index is 1.87. The van der Waals surface area contributed by atoms with Crippen molar-refractivity contribution < 1.29 is 0 Å². The Hall–Kier alpha value is -0.440. The molecule has 49 valence electrons. The molecule has 0 atom stereocenters. The molecule has 0 aromatic heterocycles. The summed E-state index contributed by atoms with van der Waals surface area (Å²) in [5.74, 6) is 3.43. The minimum atomic E-state index is 0.872. The molecule has 0 bridgehead atoms. The van der Waals surface area contributed by atoms with Crippen LogP contribution in [0.5, 0.6) is 0 Å². The molecule has 0 amide bonds. The topological polar surface area (TPSA) is 0 Å². The van der Waals surface area contributed by atoms with Crippen LogP contribution in [0.25, 0.3) is 0 Å². The van der Waals surface area contributed by atoms with Crippen LogP contribution in [-0.2, 0) is 0 Å². The van der Waals surface area contributed by atoms with Crippen molar-refractivity contribution in [2.45, 2.75) is 38.5 Å². The van der Waals surface area contributed by atoms with Crippen LogP contribution < -0.4 is 0 Å². The SMILES string of the molecule is [C]#CCCCC1CCC1. The van der Waals surface area contributed by atoms with Gasteiger partial charge in [0, 0.05) is 6.42 Å². The lowest BCUT2D eigenvalue weighted by atomic mass is 9.82. The van der Waals surface area contributed by atoms with Gasteiger partial charge in [0.15, 0.2) is 0 Å². The van der Waals surface area contributed by atoms with Gasteiger partial charge in [-0.15, -0.1) is 0 Å². The van der Waals surface area contributed by atoms with Crippen molar-refractivity contribution in [1.82, 2.24) is 0 Å². The number of unbranched alkanes of at least 4 members (excludes halogenated alkanes) is 1. The average Bonchev–Trinajstić information content (AvgIpc) is 1.76. The van der Waals surface area contributed by atoms with Gasteiger partial charge in [-0.3, -0.25) is 0 Å². The Kier molecular flexibility index (Phi) is 2.64. The third-order valence-corrected chi connectivity index (χ3v) is 2.14. The van der Waals surface area contributed by atoms with Gasteiger partial charge in [0.05, 0.1) is 0 Å². The summed E-state index contributed by atoms with van der Waals surface area (Å²) in [6.45, 7) is 0. The molecule has 1 rings (SSSR count). The zero-order chi connectivity index (χ0) is 6.53. The average molecular weight is 121 g/mol. The van der Waals surface area contributed by atoms with E-state index < -0.39 is 0 Å². The van der Waals surface area contributed by atoms with Crippen molar-refractivity contribution >= 4 is 0 Å². The summed E-state index contributed by atoms with van der Waals surface area (Å²) >= 11 is 0. The number of hydrogen-bond donors (Lipinski definition) is 0. The van der Waals surface area contributed by atoms with Crippen LogP contribution in [0.1, 0.15) is 38.5 Å². The van der Waals surface area contributed by atoms with E-state index in [1.165, 1.54) is 32.1 Å². The molecule has 1 fully saturated rings. The van der Waals surface area contributed by atoms with E-state index in [1.54, 1.807) is 0 Å². The Morgan fingerprint density at radius 1 is 1.44 bits per heavy atom. The van der Waals surface area contributed by atoms with Crippen LogP contribution in [0.3, 0.4) is 0 Å². The Morgan fingerprint density at radius 3 is 2.67 bits per heavy atom. The van der Waals surface area contributed by atoms with Crippen LogP contribution in [0, 0.1) is 18.3 Å². The van der Waals surface area contributed by atoms with E-state index in [0.29, 0.717) is 0 Å². The highest BCUT2D eigenvalue weighted by Gasteiger charge is 2.15. The van der Waals surface area contributed by atoms with Crippen molar-refractivity contribution in [2.75, 3.05) is 0 Å². The van der Waals surface area contributed by atoms with Gasteiger partial charge in [-0.2, -0.15) is 0 Å². The van der Waals surface area contributed by atoms with Gasteiger partial charge in [0.1, 0.15) is 0 Å². The largest absolute Gasteiger partial charge is 0.0891 e. The molecule has 0 saturated heterocycles. The summed E-state index contributed by atoms with van der Waals surface area (Å²) in [6, 6.07) is 0. The van der Waals surface area contributed by atoms with Crippen molar-refractivity contribution in [3.8, 4) is 5.92 Å². The highest BCUT2D eigenvalue weighted by atomic mass is 14.2. The summed E-state index contributed by atoms with van der Waals surface area (Å²) in [6.07, 6.45) is 14.4. The third kappa shape index (κ3) is 2.10. The molecule has 0 heteroatoms. The fourth-order valence-corrected chi connectivity index (χ4v) is 1.26. The van der Waals surface area contributed by atoms with Gasteiger partial charge in [-0.05, 0) is 25.2 Å². The predicted molar refractivity (Wildman–Crippen MR) is 38.3 cm³/mol. The fraction of sp³-hybridized carbons (Fsp3) is 0.778. The first-order valence-electron chi connectivity index (χ1n) is 3.83. The maximum Gasteiger partial charge on any atom is 0.00990 e. The van der Waals surface area contributed by atoms with Gasteiger partial charge >= 0.3 is 0 Å². The fourth-order valence-electron chi connectivity index (χ4n) is 1.26. The van der Waals surface area contributed by atoms with E-state index >= 15 is 0 Å². The standard InChI is InChI=1S/C9H13/c1-2-3-4-6-9-7-5-8-9/h9H,3-8H2. The molecular formula is C9H13. The van der Waals surface area contributed by atoms with Crippen molar-refractivity contribution in [3.63, 3.8) is 0 Å². The van der Waals surface area contributed by atoms with Crippen LogP contribution in [0.2, 0.25) is 0 Å². The Labute approximate surface area is 57.7 Å². The van der Waals surface area contributed by atoms with E-state index in [1.807, 2.05) is 0 Å². The first kappa shape index (κ1) is 6.68. The molecule has 0 aliphatic heterocycles. The van der Waals surface area contributed by atoms with Crippen LogP contribution in [0.4, 0.5) is 0 Å². The van der Waals surface area contributed by atoms with E-state index in [4.69, 9.17) is 6.42 Å². The molecule has 0 nitrogen and oxygen atoms in total. The zero-order valence-electron chi connectivity index (χ0n) is 5.82. The molecule has 0 aromatic carbocycles. The van der Waals surface area contributed by atoms with Crippen molar-refractivity contribution in [1.29, 1.82) is 0 Å². The molecule has 0 spiro atoms. The van der Waals surface area contributed by atoms with Crippen molar-refractivity contribution in [2.24, 2.45) is 5.92 Å². The second-order valence-electron chi connectivity index (χ2n) is 2.87. The maximum absolute atomic E-state index is 6.67. The predicted octanol–water partition coefficient (Wildman–Crippen LogP) is 2.55. The molecule has 9 heavy (non-hydrogen) atoms.